The molecule has 3 aromatic carbocycles. The Kier molecular flexibility index (Phi) is 7.63. The second kappa shape index (κ2) is 10.8. The molecule has 0 aromatic heterocycles. The second-order valence-electron chi connectivity index (χ2n) is 8.27. The zero-order valence-electron chi connectivity index (χ0n) is 18.7. The molecule has 1 saturated heterocycles. The zero-order valence-corrected chi connectivity index (χ0v) is 20.3. The molecular weight excluding hydrogens is 494 g/mol. The quantitative estimate of drug-likeness (QED) is 0.287. The van der Waals surface area contributed by atoms with Crippen LogP contribution in [0, 0.1) is 22.0 Å². The fourth-order valence-corrected chi connectivity index (χ4v) is 4.78. The lowest BCUT2D eigenvalue weighted by Gasteiger charge is -2.35. The third-order valence-corrected chi connectivity index (χ3v) is 6.83. The van der Waals surface area contributed by atoms with Gasteiger partial charge in [-0.05, 0) is 23.8 Å². The van der Waals surface area contributed by atoms with E-state index in [0.717, 1.165) is 47.5 Å². The molecule has 7 heteroatoms. The predicted molar refractivity (Wildman–Crippen MR) is 138 cm³/mol. The number of hydrogen-bond donors (Lipinski definition) is 1. The maximum absolute atomic E-state index is 11.7. The van der Waals surface area contributed by atoms with E-state index in [-0.39, 0.29) is 10.6 Å². The highest BCUT2D eigenvalue weighted by Crippen LogP contribution is 2.36. The van der Waals surface area contributed by atoms with Gasteiger partial charge in [0, 0.05) is 60.5 Å². The van der Waals surface area contributed by atoms with Crippen LogP contribution in [0.25, 0.3) is 0 Å². The maximum Gasteiger partial charge on any atom is 0.269 e. The summed E-state index contributed by atoms with van der Waals surface area (Å²) in [6.07, 6.45) is 0.294. The second-order valence-corrected chi connectivity index (χ2v) is 9.13. The molecule has 0 spiro atoms. The van der Waals surface area contributed by atoms with Crippen molar-refractivity contribution >= 4 is 27.3 Å². The Labute approximate surface area is 208 Å². The van der Waals surface area contributed by atoms with Crippen LogP contribution in [0.4, 0.5) is 11.4 Å². The number of nitro groups is 1. The van der Waals surface area contributed by atoms with Crippen molar-refractivity contribution in [2.24, 2.45) is 0 Å². The highest BCUT2D eigenvalue weighted by Gasteiger charge is 2.32. The molecule has 0 bridgehead atoms. The molecule has 1 atom stereocenters. The van der Waals surface area contributed by atoms with Gasteiger partial charge in [0.05, 0.1) is 11.5 Å². The Hall–Kier alpha value is -3.18. The fraction of sp³-hybridized carbons (Fsp3) is 0.259. The minimum Gasteiger partial charge on any atom is -0.379 e. The first-order valence-corrected chi connectivity index (χ1v) is 12.0. The highest BCUT2D eigenvalue weighted by atomic mass is 79.9. The normalized spacial score (nSPS) is 15.8. The van der Waals surface area contributed by atoms with E-state index in [0.29, 0.717) is 13.0 Å². The van der Waals surface area contributed by atoms with Gasteiger partial charge in [-0.15, -0.1) is 0 Å². The molecule has 1 unspecified atom stereocenters. The number of nitrogens with zero attached hydrogens (tertiary/aromatic N) is 3. The van der Waals surface area contributed by atoms with Gasteiger partial charge in [-0.25, -0.2) is 0 Å². The van der Waals surface area contributed by atoms with E-state index < -0.39 is 5.60 Å². The summed E-state index contributed by atoms with van der Waals surface area (Å²) in [6.45, 7) is 4.03. The largest absolute Gasteiger partial charge is 0.379 e. The predicted octanol–water partition coefficient (Wildman–Crippen LogP) is 4.81. The molecule has 1 fully saturated rings. The highest BCUT2D eigenvalue weighted by molar-refractivity contribution is 9.10. The van der Waals surface area contributed by atoms with Crippen LogP contribution in [0.1, 0.15) is 17.5 Å². The number of halogens is 1. The van der Waals surface area contributed by atoms with Crippen LogP contribution in [0.5, 0.6) is 0 Å². The summed E-state index contributed by atoms with van der Waals surface area (Å²) in [5.74, 6) is 6.47. The number of benzene rings is 3. The SMILES string of the molecule is O=[N+]([O-])c1ccc(N2CCN(CC#CCC(O)(c3ccccc3)c3ccccc3Br)CC2)cc1. The van der Waals surface area contributed by atoms with Crippen LogP contribution >= 0.6 is 15.9 Å². The standard InChI is InChI=1S/C27H26BrN3O3/c28-26-11-5-4-10-25(26)27(32,22-8-2-1-3-9-22)16-6-7-17-29-18-20-30(21-19-29)23-12-14-24(15-13-23)31(33)34/h1-5,8-15,32H,16-21H2. The van der Waals surface area contributed by atoms with Crippen LogP contribution in [-0.4, -0.2) is 47.7 Å². The molecule has 1 heterocycles. The molecule has 34 heavy (non-hydrogen) atoms. The maximum atomic E-state index is 11.7. The Bertz CT molecular complexity index is 1180. The molecule has 6 nitrogen and oxygen atoms in total. The molecule has 1 aliphatic heterocycles. The number of piperazine rings is 1. The molecule has 174 valence electrons. The van der Waals surface area contributed by atoms with E-state index >= 15 is 0 Å². The summed E-state index contributed by atoms with van der Waals surface area (Å²) in [6, 6.07) is 24.1. The van der Waals surface area contributed by atoms with Gasteiger partial charge in [-0.2, -0.15) is 0 Å². The van der Waals surface area contributed by atoms with Gasteiger partial charge in [-0.1, -0.05) is 76.3 Å². The molecular formula is C27H26BrN3O3. The Morgan fingerprint density at radius 1 is 0.912 bits per heavy atom. The summed E-state index contributed by atoms with van der Waals surface area (Å²) in [7, 11) is 0. The average molecular weight is 520 g/mol. The molecule has 0 aliphatic carbocycles. The van der Waals surface area contributed by atoms with Crippen molar-refractivity contribution in [3.8, 4) is 11.8 Å². The van der Waals surface area contributed by atoms with Gasteiger partial charge >= 0.3 is 0 Å². The van der Waals surface area contributed by atoms with Gasteiger partial charge in [0.25, 0.3) is 5.69 Å². The summed E-state index contributed by atoms with van der Waals surface area (Å²) < 4.78 is 0.852. The molecule has 0 radical (unpaired) electrons. The Morgan fingerprint density at radius 3 is 2.21 bits per heavy atom. The monoisotopic (exact) mass is 519 g/mol. The molecule has 0 saturated carbocycles. The van der Waals surface area contributed by atoms with E-state index in [2.05, 4.69) is 37.6 Å². The van der Waals surface area contributed by atoms with Crippen LogP contribution in [0.15, 0.2) is 83.3 Å². The smallest absolute Gasteiger partial charge is 0.269 e. The van der Waals surface area contributed by atoms with E-state index in [1.54, 1.807) is 24.3 Å². The number of hydrogen-bond acceptors (Lipinski definition) is 5. The minimum atomic E-state index is -1.21. The first-order chi connectivity index (χ1) is 16.5. The number of rotatable bonds is 6. The van der Waals surface area contributed by atoms with Crippen LogP contribution in [0.3, 0.4) is 0 Å². The molecule has 0 amide bonds. The lowest BCUT2D eigenvalue weighted by Crippen LogP contribution is -2.46. The van der Waals surface area contributed by atoms with Gasteiger partial charge in [0.2, 0.25) is 0 Å². The van der Waals surface area contributed by atoms with E-state index in [1.165, 1.54) is 0 Å². The molecule has 3 aromatic rings. The zero-order chi connectivity index (χ0) is 24.0. The lowest BCUT2D eigenvalue weighted by molar-refractivity contribution is -0.384. The number of non-ortho nitro benzene ring substituents is 1. The van der Waals surface area contributed by atoms with Crippen molar-refractivity contribution in [3.05, 3.63) is 105 Å². The number of nitro benzene ring substituents is 1. The van der Waals surface area contributed by atoms with Crippen LogP contribution < -0.4 is 4.90 Å². The average Bonchev–Trinajstić information content (AvgIpc) is 2.88. The third kappa shape index (κ3) is 5.48. The molecule has 1 aliphatic rings. The number of anilines is 1. The van der Waals surface area contributed by atoms with E-state index in [1.807, 2.05) is 54.6 Å². The lowest BCUT2D eigenvalue weighted by atomic mass is 9.84. The Balaban J connectivity index is 1.38. The van der Waals surface area contributed by atoms with Crippen molar-refractivity contribution in [2.75, 3.05) is 37.6 Å². The van der Waals surface area contributed by atoms with Gasteiger partial charge in [0.1, 0.15) is 5.60 Å². The first kappa shape index (κ1) is 24.0. The minimum absolute atomic E-state index is 0.107. The van der Waals surface area contributed by atoms with E-state index in [9.17, 15) is 15.2 Å². The van der Waals surface area contributed by atoms with Gasteiger partial charge in [-0.3, -0.25) is 15.0 Å². The summed E-state index contributed by atoms with van der Waals surface area (Å²) in [4.78, 5) is 15.0. The Morgan fingerprint density at radius 2 is 1.56 bits per heavy atom. The fourth-order valence-electron chi connectivity index (χ4n) is 4.17. The summed E-state index contributed by atoms with van der Waals surface area (Å²) in [5, 5.41) is 22.5. The number of aliphatic hydroxyl groups is 1. The van der Waals surface area contributed by atoms with Crippen LogP contribution in [-0.2, 0) is 5.60 Å². The first-order valence-electron chi connectivity index (χ1n) is 11.2. The molecule has 1 N–H and O–H groups in total. The van der Waals surface area contributed by atoms with Crippen molar-refractivity contribution < 1.29 is 10.0 Å². The van der Waals surface area contributed by atoms with Crippen molar-refractivity contribution in [2.45, 2.75) is 12.0 Å². The van der Waals surface area contributed by atoms with Crippen LogP contribution in [0.2, 0.25) is 0 Å². The van der Waals surface area contributed by atoms with Crippen molar-refractivity contribution in [1.82, 2.24) is 4.90 Å². The van der Waals surface area contributed by atoms with Crippen molar-refractivity contribution in [1.29, 1.82) is 0 Å². The van der Waals surface area contributed by atoms with Crippen molar-refractivity contribution in [3.63, 3.8) is 0 Å². The van der Waals surface area contributed by atoms with E-state index in [4.69, 9.17) is 0 Å². The van der Waals surface area contributed by atoms with Gasteiger partial charge < -0.3 is 10.0 Å². The summed E-state index contributed by atoms with van der Waals surface area (Å²) >= 11 is 3.58. The molecule has 4 rings (SSSR count). The van der Waals surface area contributed by atoms with Gasteiger partial charge in [0.15, 0.2) is 0 Å². The third-order valence-electron chi connectivity index (χ3n) is 6.14. The topological polar surface area (TPSA) is 69.9 Å². The summed E-state index contributed by atoms with van der Waals surface area (Å²) in [5.41, 5.74) is 1.51.